The zero-order valence-corrected chi connectivity index (χ0v) is 16.9. The number of halogens is 2. The molecule has 0 aliphatic heterocycles. The minimum Gasteiger partial charge on any atom is -0.494 e. The monoisotopic (exact) mass is 440 g/mol. The summed E-state index contributed by atoms with van der Waals surface area (Å²) in [5.74, 6) is -3.54. The van der Waals surface area contributed by atoms with Gasteiger partial charge in [-0.05, 0) is 35.2 Å². The minimum atomic E-state index is -0.998. The van der Waals surface area contributed by atoms with Crippen LogP contribution in [0.25, 0.3) is 22.0 Å². The van der Waals surface area contributed by atoms with E-state index in [0.29, 0.717) is 0 Å². The first-order valence-electron chi connectivity index (χ1n) is 9.88. The van der Waals surface area contributed by atoms with Crippen molar-refractivity contribution >= 4 is 16.7 Å². The lowest BCUT2D eigenvalue weighted by atomic mass is 9.93. The Morgan fingerprint density at radius 3 is 2.56 bits per heavy atom. The number of aromatic hydroxyl groups is 1. The standard InChI is InChI=1S/C23H18F2N2O5/c1-31-16-9-15(32-27-16)21(29)19-18-14(26-22(19)30)8-13(24)17(20(18)25)11-2-4-12(5-3-11)23(10-28)6-7-23/h2-5,8-9,26,28,30H,6-7,10H2,1H3. The quantitative estimate of drug-likeness (QED) is 0.390. The summed E-state index contributed by atoms with van der Waals surface area (Å²) in [5.41, 5.74) is 0.0845. The SMILES string of the molecule is COc1cc(C(=O)c2c(O)[nH]c3cc(F)c(-c4ccc(C5(CO)CC5)cc4)c(F)c23)on1. The van der Waals surface area contributed by atoms with Crippen molar-refractivity contribution in [2.45, 2.75) is 18.3 Å². The predicted octanol–water partition coefficient (Wildman–Crippen LogP) is 4.07. The Bertz CT molecular complexity index is 1350. The second kappa shape index (κ2) is 7.16. The number of aliphatic hydroxyl groups is 1. The van der Waals surface area contributed by atoms with Crippen LogP contribution in [0.4, 0.5) is 8.78 Å². The van der Waals surface area contributed by atoms with Gasteiger partial charge in [-0.25, -0.2) is 8.78 Å². The first kappa shape index (κ1) is 20.2. The number of H-pyrrole nitrogens is 1. The van der Waals surface area contributed by atoms with Gasteiger partial charge in [-0.2, -0.15) is 0 Å². The van der Waals surface area contributed by atoms with E-state index >= 15 is 4.39 Å². The van der Waals surface area contributed by atoms with Gasteiger partial charge in [0, 0.05) is 5.41 Å². The van der Waals surface area contributed by atoms with Crippen LogP contribution in [0.1, 0.15) is 34.5 Å². The second-order valence-corrected chi connectivity index (χ2v) is 7.90. The molecule has 0 unspecified atom stereocenters. The molecule has 4 aromatic rings. The normalized spacial score (nSPS) is 14.6. The van der Waals surface area contributed by atoms with Gasteiger partial charge in [0.05, 0.1) is 41.8 Å². The molecule has 0 spiro atoms. The van der Waals surface area contributed by atoms with E-state index in [9.17, 15) is 19.4 Å². The van der Waals surface area contributed by atoms with E-state index < -0.39 is 28.9 Å². The molecule has 0 atom stereocenters. The molecule has 1 saturated carbocycles. The number of benzene rings is 2. The molecule has 0 radical (unpaired) electrons. The number of fused-ring (bicyclic) bond motifs is 1. The van der Waals surface area contributed by atoms with Crippen LogP contribution in [0.5, 0.6) is 11.8 Å². The van der Waals surface area contributed by atoms with Crippen LogP contribution >= 0.6 is 0 Å². The fourth-order valence-corrected chi connectivity index (χ4v) is 4.02. The van der Waals surface area contributed by atoms with Crippen molar-refractivity contribution in [1.29, 1.82) is 0 Å². The van der Waals surface area contributed by atoms with Gasteiger partial charge in [0.15, 0.2) is 0 Å². The summed E-state index contributed by atoms with van der Waals surface area (Å²) in [6, 6.07) is 8.86. The van der Waals surface area contributed by atoms with Crippen LogP contribution in [-0.2, 0) is 5.41 Å². The number of aromatic nitrogens is 2. The van der Waals surface area contributed by atoms with Gasteiger partial charge in [0.25, 0.3) is 5.88 Å². The molecule has 32 heavy (non-hydrogen) atoms. The van der Waals surface area contributed by atoms with Crippen molar-refractivity contribution in [3.05, 3.63) is 64.9 Å². The lowest BCUT2D eigenvalue weighted by Crippen LogP contribution is -2.11. The second-order valence-electron chi connectivity index (χ2n) is 7.90. The molecule has 164 valence electrons. The molecule has 1 aliphatic carbocycles. The first-order chi connectivity index (χ1) is 15.4. The molecule has 7 nitrogen and oxygen atoms in total. The van der Waals surface area contributed by atoms with Crippen LogP contribution in [0, 0.1) is 11.6 Å². The third kappa shape index (κ3) is 2.96. The molecule has 5 rings (SSSR count). The van der Waals surface area contributed by atoms with Crippen LogP contribution < -0.4 is 4.74 Å². The third-order valence-corrected chi connectivity index (χ3v) is 6.05. The van der Waals surface area contributed by atoms with Gasteiger partial charge in [-0.1, -0.05) is 24.3 Å². The molecule has 0 bridgehead atoms. The van der Waals surface area contributed by atoms with E-state index in [-0.39, 0.29) is 45.7 Å². The summed E-state index contributed by atoms with van der Waals surface area (Å²) < 4.78 is 40.3. The molecule has 2 aromatic carbocycles. The van der Waals surface area contributed by atoms with E-state index in [1.54, 1.807) is 24.3 Å². The Morgan fingerprint density at radius 1 is 1.25 bits per heavy atom. The van der Waals surface area contributed by atoms with Gasteiger partial charge in [-0.3, -0.25) is 4.79 Å². The van der Waals surface area contributed by atoms with Gasteiger partial charge in [0.2, 0.25) is 17.4 Å². The highest BCUT2D eigenvalue weighted by Crippen LogP contribution is 2.48. The molecular weight excluding hydrogens is 422 g/mol. The van der Waals surface area contributed by atoms with Crippen LogP contribution in [0.15, 0.2) is 40.9 Å². The Morgan fingerprint density at radius 2 is 1.97 bits per heavy atom. The van der Waals surface area contributed by atoms with E-state index in [0.717, 1.165) is 24.5 Å². The Kier molecular flexibility index (Phi) is 4.52. The van der Waals surface area contributed by atoms with E-state index in [2.05, 4.69) is 10.1 Å². The Labute approximate surface area is 180 Å². The van der Waals surface area contributed by atoms with Crippen molar-refractivity contribution in [2.24, 2.45) is 0 Å². The number of ketones is 1. The highest BCUT2D eigenvalue weighted by molar-refractivity contribution is 6.17. The van der Waals surface area contributed by atoms with Crippen LogP contribution in [-0.4, -0.2) is 39.9 Å². The molecule has 2 aromatic heterocycles. The molecule has 2 heterocycles. The van der Waals surface area contributed by atoms with E-state index in [1.807, 2.05) is 0 Å². The van der Waals surface area contributed by atoms with Crippen molar-refractivity contribution in [2.75, 3.05) is 13.7 Å². The molecule has 3 N–H and O–H groups in total. The molecule has 0 saturated heterocycles. The number of nitrogens with zero attached hydrogens (tertiary/aromatic N) is 1. The fourth-order valence-electron chi connectivity index (χ4n) is 4.02. The van der Waals surface area contributed by atoms with Crippen molar-refractivity contribution < 1.29 is 33.0 Å². The summed E-state index contributed by atoms with van der Waals surface area (Å²) in [6.45, 7) is 0.0154. The summed E-state index contributed by atoms with van der Waals surface area (Å²) in [6.07, 6.45) is 1.72. The largest absolute Gasteiger partial charge is 0.494 e. The molecule has 1 fully saturated rings. The first-order valence-corrected chi connectivity index (χ1v) is 9.88. The number of nitrogens with one attached hydrogen (secondary N) is 1. The number of carbonyl (C=O) groups excluding carboxylic acids is 1. The predicted molar refractivity (Wildman–Crippen MR) is 110 cm³/mol. The minimum absolute atomic E-state index is 0.0154. The fraction of sp³-hybridized carbons (Fsp3) is 0.217. The lowest BCUT2D eigenvalue weighted by molar-refractivity contribution is 0.0999. The zero-order valence-electron chi connectivity index (χ0n) is 16.9. The van der Waals surface area contributed by atoms with Gasteiger partial charge in [0.1, 0.15) is 11.6 Å². The highest BCUT2D eigenvalue weighted by atomic mass is 19.1. The number of aliphatic hydroxyl groups excluding tert-OH is 1. The van der Waals surface area contributed by atoms with Crippen molar-refractivity contribution in [3.8, 4) is 22.9 Å². The Balaban J connectivity index is 1.63. The maximum Gasteiger partial charge on any atom is 0.254 e. The number of ether oxygens (including phenoxy) is 1. The van der Waals surface area contributed by atoms with Crippen molar-refractivity contribution in [3.63, 3.8) is 0 Å². The number of hydrogen-bond acceptors (Lipinski definition) is 6. The number of aromatic amines is 1. The lowest BCUT2D eigenvalue weighted by Gasteiger charge is -2.13. The number of rotatable bonds is 6. The highest BCUT2D eigenvalue weighted by Gasteiger charge is 2.43. The van der Waals surface area contributed by atoms with Crippen LogP contribution in [0.3, 0.4) is 0 Å². The number of carbonyl (C=O) groups is 1. The number of hydrogen-bond donors (Lipinski definition) is 3. The summed E-state index contributed by atoms with van der Waals surface area (Å²) in [5, 5.41) is 23.2. The van der Waals surface area contributed by atoms with Gasteiger partial charge >= 0.3 is 0 Å². The van der Waals surface area contributed by atoms with E-state index in [4.69, 9.17) is 9.26 Å². The summed E-state index contributed by atoms with van der Waals surface area (Å²) in [7, 11) is 1.33. The molecular formula is C23H18F2N2O5. The third-order valence-electron chi connectivity index (χ3n) is 6.05. The van der Waals surface area contributed by atoms with Crippen molar-refractivity contribution in [1.82, 2.24) is 10.1 Å². The average molecular weight is 440 g/mol. The number of methoxy groups -OCH3 is 1. The molecule has 0 amide bonds. The van der Waals surface area contributed by atoms with E-state index in [1.165, 1.54) is 13.2 Å². The van der Waals surface area contributed by atoms with Crippen LogP contribution in [0.2, 0.25) is 0 Å². The smallest absolute Gasteiger partial charge is 0.254 e. The average Bonchev–Trinajstić information content (AvgIpc) is 3.31. The molecule has 9 heteroatoms. The summed E-state index contributed by atoms with van der Waals surface area (Å²) >= 11 is 0. The van der Waals surface area contributed by atoms with Gasteiger partial charge in [-0.15, -0.1) is 0 Å². The zero-order chi connectivity index (χ0) is 22.6. The maximum absolute atomic E-state index is 15.6. The Hall–Kier alpha value is -3.72. The molecule has 1 aliphatic rings. The summed E-state index contributed by atoms with van der Waals surface area (Å²) in [4.78, 5) is 15.3. The maximum atomic E-state index is 15.6. The topological polar surface area (TPSA) is 109 Å². The van der Waals surface area contributed by atoms with Gasteiger partial charge < -0.3 is 24.5 Å².